The largest absolute Gasteiger partial charge is 0.454 e. The fourth-order valence-electron chi connectivity index (χ4n) is 2.13. The summed E-state index contributed by atoms with van der Waals surface area (Å²) in [5.74, 6) is 1.72. The van der Waals surface area contributed by atoms with E-state index in [9.17, 15) is 4.79 Å². The van der Waals surface area contributed by atoms with Gasteiger partial charge < -0.3 is 19.1 Å². The second-order valence-electron chi connectivity index (χ2n) is 5.21. The third kappa shape index (κ3) is 3.42. The van der Waals surface area contributed by atoms with Crippen LogP contribution < -0.4 is 9.47 Å². The Morgan fingerprint density at radius 3 is 2.80 bits per heavy atom. The molecule has 1 aliphatic rings. The number of benzene rings is 1. The van der Waals surface area contributed by atoms with E-state index >= 15 is 0 Å². The highest BCUT2D eigenvalue weighted by molar-refractivity contribution is 5.95. The maximum atomic E-state index is 12.6. The number of amides is 1. The van der Waals surface area contributed by atoms with Gasteiger partial charge >= 0.3 is 0 Å². The number of fused-ring (bicyclic) bond motifs is 1. The van der Waals surface area contributed by atoms with Gasteiger partial charge in [0.15, 0.2) is 11.5 Å². The predicted octanol–water partition coefficient (Wildman–Crippen LogP) is 2.16. The second-order valence-corrected chi connectivity index (χ2v) is 5.21. The Morgan fingerprint density at radius 2 is 2.10 bits per heavy atom. The lowest BCUT2D eigenvalue weighted by atomic mass is 10.1. The summed E-state index contributed by atoms with van der Waals surface area (Å²) in [5.41, 5.74) is 0.617. The number of rotatable bonds is 6. The Morgan fingerprint density at radius 1 is 1.35 bits per heavy atom. The zero-order valence-electron chi connectivity index (χ0n) is 12.2. The van der Waals surface area contributed by atoms with Crippen molar-refractivity contribution < 1.29 is 19.0 Å². The Labute approximate surface area is 119 Å². The van der Waals surface area contributed by atoms with E-state index in [4.69, 9.17) is 14.2 Å². The van der Waals surface area contributed by atoms with Crippen molar-refractivity contribution in [3.8, 4) is 11.5 Å². The van der Waals surface area contributed by atoms with Crippen LogP contribution in [-0.2, 0) is 4.74 Å². The van der Waals surface area contributed by atoms with Gasteiger partial charge in [0.1, 0.15) is 0 Å². The average Bonchev–Trinajstić information content (AvgIpc) is 2.89. The Bertz CT molecular complexity index is 473. The van der Waals surface area contributed by atoms with Crippen LogP contribution in [0.4, 0.5) is 0 Å². The fraction of sp³-hybridized carbons (Fsp3) is 0.533. The minimum atomic E-state index is -0.00551. The van der Waals surface area contributed by atoms with E-state index in [2.05, 4.69) is 13.8 Å². The quantitative estimate of drug-likeness (QED) is 0.800. The molecule has 0 bridgehead atoms. The van der Waals surface area contributed by atoms with Crippen LogP contribution in [0, 0.1) is 5.92 Å². The van der Waals surface area contributed by atoms with E-state index in [0.717, 1.165) is 0 Å². The van der Waals surface area contributed by atoms with E-state index in [1.54, 1.807) is 25.3 Å². The molecular weight excluding hydrogens is 258 g/mol. The van der Waals surface area contributed by atoms with Crippen molar-refractivity contribution in [1.82, 2.24) is 4.90 Å². The third-order valence-corrected chi connectivity index (χ3v) is 3.06. The number of hydrogen-bond acceptors (Lipinski definition) is 4. The summed E-state index contributed by atoms with van der Waals surface area (Å²) in [5, 5.41) is 0. The van der Waals surface area contributed by atoms with Crippen LogP contribution >= 0.6 is 0 Å². The molecule has 0 aromatic heterocycles. The van der Waals surface area contributed by atoms with Gasteiger partial charge in [-0.2, -0.15) is 0 Å². The van der Waals surface area contributed by atoms with E-state index in [1.807, 2.05) is 4.90 Å². The zero-order chi connectivity index (χ0) is 14.5. The van der Waals surface area contributed by atoms with Crippen LogP contribution in [-0.4, -0.2) is 44.4 Å². The zero-order valence-corrected chi connectivity index (χ0v) is 12.2. The van der Waals surface area contributed by atoms with Crippen molar-refractivity contribution in [3.63, 3.8) is 0 Å². The number of ether oxygens (including phenoxy) is 3. The Kier molecular flexibility index (Phi) is 4.84. The molecule has 0 unspecified atom stereocenters. The molecule has 1 aromatic carbocycles. The van der Waals surface area contributed by atoms with Gasteiger partial charge in [0.05, 0.1) is 6.61 Å². The van der Waals surface area contributed by atoms with Crippen LogP contribution in [0.25, 0.3) is 0 Å². The first-order valence-corrected chi connectivity index (χ1v) is 6.79. The summed E-state index contributed by atoms with van der Waals surface area (Å²) >= 11 is 0. The number of nitrogens with zero attached hydrogens (tertiary/aromatic N) is 1. The normalized spacial score (nSPS) is 12.8. The first-order chi connectivity index (χ1) is 9.61. The molecule has 1 aromatic rings. The molecule has 5 nitrogen and oxygen atoms in total. The Balaban J connectivity index is 2.13. The van der Waals surface area contributed by atoms with Crippen molar-refractivity contribution >= 4 is 5.91 Å². The molecule has 5 heteroatoms. The number of methoxy groups -OCH3 is 1. The molecule has 1 aliphatic heterocycles. The summed E-state index contributed by atoms with van der Waals surface area (Å²) in [4.78, 5) is 14.4. The monoisotopic (exact) mass is 279 g/mol. The summed E-state index contributed by atoms with van der Waals surface area (Å²) < 4.78 is 15.6. The molecule has 0 saturated carbocycles. The van der Waals surface area contributed by atoms with Crippen LogP contribution in [0.1, 0.15) is 24.2 Å². The summed E-state index contributed by atoms with van der Waals surface area (Å²) in [7, 11) is 1.64. The molecule has 110 valence electrons. The lowest BCUT2D eigenvalue weighted by Crippen LogP contribution is -2.36. The highest BCUT2D eigenvalue weighted by Crippen LogP contribution is 2.32. The molecule has 2 rings (SSSR count). The second kappa shape index (κ2) is 6.61. The van der Waals surface area contributed by atoms with Crippen molar-refractivity contribution in [2.24, 2.45) is 5.92 Å². The number of hydrogen-bond donors (Lipinski definition) is 0. The molecule has 1 amide bonds. The predicted molar refractivity (Wildman–Crippen MR) is 75.2 cm³/mol. The van der Waals surface area contributed by atoms with Crippen LogP contribution in [0.2, 0.25) is 0 Å². The molecule has 1 heterocycles. The van der Waals surface area contributed by atoms with Crippen LogP contribution in [0.5, 0.6) is 11.5 Å². The first kappa shape index (κ1) is 14.7. The molecule has 0 spiro atoms. The molecule has 0 atom stereocenters. The highest BCUT2D eigenvalue weighted by atomic mass is 16.7. The van der Waals surface area contributed by atoms with E-state index in [0.29, 0.717) is 42.7 Å². The van der Waals surface area contributed by atoms with Gasteiger partial charge in [-0.1, -0.05) is 13.8 Å². The van der Waals surface area contributed by atoms with Gasteiger partial charge in [0, 0.05) is 25.8 Å². The van der Waals surface area contributed by atoms with E-state index in [-0.39, 0.29) is 12.7 Å². The Hall–Kier alpha value is -1.75. The summed E-state index contributed by atoms with van der Waals surface area (Å²) in [6.45, 7) is 6.22. The van der Waals surface area contributed by atoms with E-state index in [1.165, 1.54) is 0 Å². The van der Waals surface area contributed by atoms with Crippen molar-refractivity contribution in [2.45, 2.75) is 13.8 Å². The minimum Gasteiger partial charge on any atom is -0.454 e. The maximum Gasteiger partial charge on any atom is 0.254 e. The van der Waals surface area contributed by atoms with Gasteiger partial charge in [-0.05, 0) is 24.1 Å². The lowest BCUT2D eigenvalue weighted by Gasteiger charge is -2.24. The van der Waals surface area contributed by atoms with E-state index < -0.39 is 0 Å². The van der Waals surface area contributed by atoms with Crippen molar-refractivity contribution in [1.29, 1.82) is 0 Å². The van der Waals surface area contributed by atoms with Gasteiger partial charge in [0.2, 0.25) is 6.79 Å². The van der Waals surface area contributed by atoms with Crippen LogP contribution in [0.3, 0.4) is 0 Å². The average molecular weight is 279 g/mol. The maximum absolute atomic E-state index is 12.6. The SMILES string of the molecule is COCCN(CC(C)C)C(=O)c1ccc2c(c1)OCO2. The molecule has 0 N–H and O–H groups in total. The molecule has 0 aliphatic carbocycles. The molecular formula is C15H21NO4. The third-order valence-electron chi connectivity index (χ3n) is 3.06. The van der Waals surface area contributed by atoms with Crippen molar-refractivity contribution in [2.75, 3.05) is 33.6 Å². The topological polar surface area (TPSA) is 48.0 Å². The van der Waals surface area contributed by atoms with Crippen LogP contribution in [0.15, 0.2) is 18.2 Å². The fourth-order valence-corrected chi connectivity index (χ4v) is 2.13. The smallest absolute Gasteiger partial charge is 0.254 e. The molecule has 0 saturated heterocycles. The van der Waals surface area contributed by atoms with Gasteiger partial charge in [-0.3, -0.25) is 4.79 Å². The van der Waals surface area contributed by atoms with Crippen molar-refractivity contribution in [3.05, 3.63) is 23.8 Å². The van der Waals surface area contributed by atoms with Gasteiger partial charge in [-0.25, -0.2) is 0 Å². The standard InChI is InChI=1S/C15H21NO4/c1-11(2)9-16(6-7-18-3)15(17)12-4-5-13-14(8-12)20-10-19-13/h4-5,8,11H,6-7,9-10H2,1-3H3. The summed E-state index contributed by atoms with van der Waals surface area (Å²) in [6, 6.07) is 5.29. The molecule has 0 radical (unpaired) electrons. The van der Waals surface area contributed by atoms with Gasteiger partial charge in [-0.15, -0.1) is 0 Å². The number of carbonyl (C=O) groups excluding carboxylic acids is 1. The summed E-state index contributed by atoms with van der Waals surface area (Å²) in [6.07, 6.45) is 0. The van der Waals surface area contributed by atoms with Gasteiger partial charge in [0.25, 0.3) is 5.91 Å². The lowest BCUT2D eigenvalue weighted by molar-refractivity contribution is 0.0672. The highest BCUT2D eigenvalue weighted by Gasteiger charge is 2.20. The molecule has 0 fully saturated rings. The molecule has 20 heavy (non-hydrogen) atoms. The first-order valence-electron chi connectivity index (χ1n) is 6.79. The number of carbonyl (C=O) groups is 1. The minimum absolute atomic E-state index is 0.00551.